The fourth-order valence-electron chi connectivity index (χ4n) is 1.19. The molecular weight excluding hydrogens is 192 g/mol. The van der Waals surface area contributed by atoms with Crippen molar-refractivity contribution in [3.05, 3.63) is 54.6 Å². The van der Waals surface area contributed by atoms with Crippen LogP contribution >= 0.6 is 11.6 Å². The second-order valence-electron chi connectivity index (χ2n) is 3.17. The Balaban J connectivity index is 2.37. The van der Waals surface area contributed by atoms with Crippen LogP contribution in [0.3, 0.4) is 0 Å². The first-order chi connectivity index (χ1) is 6.83. The monoisotopic (exact) mass is 206 g/mol. The molecule has 0 aliphatic carbocycles. The zero-order valence-corrected chi connectivity index (χ0v) is 8.95. The van der Waals surface area contributed by atoms with Crippen LogP contribution < -0.4 is 0 Å². The molecule has 0 fully saturated rings. The van der Waals surface area contributed by atoms with Gasteiger partial charge in [0.15, 0.2) is 0 Å². The molecule has 1 unspecified atom stereocenters. The molecule has 0 saturated carbocycles. The van der Waals surface area contributed by atoms with Gasteiger partial charge in [0.1, 0.15) is 0 Å². The summed E-state index contributed by atoms with van der Waals surface area (Å²) in [7, 11) is 0. The third kappa shape index (κ3) is 4.29. The number of halogens is 1. The molecule has 0 N–H and O–H groups in total. The highest BCUT2D eigenvalue weighted by atomic mass is 35.5. The highest BCUT2D eigenvalue weighted by Gasteiger charge is 1.97. The molecule has 1 atom stereocenters. The van der Waals surface area contributed by atoms with Gasteiger partial charge in [0, 0.05) is 5.38 Å². The summed E-state index contributed by atoms with van der Waals surface area (Å²) in [6.45, 7) is 3.66. The van der Waals surface area contributed by atoms with Crippen molar-refractivity contribution in [3.8, 4) is 0 Å². The molecule has 0 nitrogen and oxygen atoms in total. The molecule has 1 rings (SSSR count). The van der Waals surface area contributed by atoms with Gasteiger partial charge in [-0.1, -0.05) is 48.6 Å². The van der Waals surface area contributed by atoms with Gasteiger partial charge in [0.2, 0.25) is 0 Å². The summed E-state index contributed by atoms with van der Waals surface area (Å²) in [6, 6.07) is 10.2. The number of allylic oxidation sites excluding steroid dienone is 2. The standard InChI is InChI=1S/C13H15Cl/c1-2-7-13(14)11-6-10-12-8-4-3-5-9-12/h2-6,8-10,13H,1,7,11H2/b10-6+. The molecule has 0 aliphatic rings. The molecule has 1 aromatic rings. The van der Waals surface area contributed by atoms with E-state index >= 15 is 0 Å². The van der Waals surface area contributed by atoms with Crippen molar-refractivity contribution in [2.75, 3.05) is 0 Å². The summed E-state index contributed by atoms with van der Waals surface area (Å²) < 4.78 is 0. The Morgan fingerprint density at radius 1 is 1.21 bits per heavy atom. The summed E-state index contributed by atoms with van der Waals surface area (Å²) in [4.78, 5) is 0. The van der Waals surface area contributed by atoms with E-state index in [4.69, 9.17) is 11.6 Å². The van der Waals surface area contributed by atoms with Crippen LogP contribution in [0.5, 0.6) is 0 Å². The maximum Gasteiger partial charge on any atom is 0.0404 e. The van der Waals surface area contributed by atoms with E-state index in [2.05, 4.69) is 30.9 Å². The fraction of sp³-hybridized carbons (Fsp3) is 0.231. The van der Waals surface area contributed by atoms with E-state index in [1.807, 2.05) is 24.3 Å². The largest absolute Gasteiger partial charge is 0.122 e. The number of rotatable bonds is 5. The first kappa shape index (κ1) is 11.1. The maximum atomic E-state index is 6.02. The number of benzene rings is 1. The molecule has 0 aromatic heterocycles. The minimum Gasteiger partial charge on any atom is -0.122 e. The van der Waals surface area contributed by atoms with Crippen molar-refractivity contribution in [2.24, 2.45) is 0 Å². The van der Waals surface area contributed by atoms with E-state index in [1.54, 1.807) is 0 Å². The van der Waals surface area contributed by atoms with Crippen molar-refractivity contribution >= 4 is 17.7 Å². The van der Waals surface area contributed by atoms with E-state index in [0.29, 0.717) is 0 Å². The third-order valence-corrected chi connectivity index (χ3v) is 2.28. The molecule has 0 aliphatic heterocycles. The lowest BCUT2D eigenvalue weighted by Crippen LogP contribution is -1.92. The lowest BCUT2D eigenvalue weighted by molar-refractivity contribution is 0.882. The Bertz CT molecular complexity index is 287. The van der Waals surface area contributed by atoms with Crippen LogP contribution in [0.1, 0.15) is 18.4 Å². The molecule has 74 valence electrons. The summed E-state index contributed by atoms with van der Waals surface area (Å²) >= 11 is 6.02. The SMILES string of the molecule is C=CCC(Cl)C/C=C/c1ccccc1. The minimum atomic E-state index is 0.174. The van der Waals surface area contributed by atoms with E-state index < -0.39 is 0 Å². The van der Waals surface area contributed by atoms with Gasteiger partial charge < -0.3 is 0 Å². The van der Waals surface area contributed by atoms with Crippen LogP contribution in [0, 0.1) is 0 Å². The van der Waals surface area contributed by atoms with Gasteiger partial charge >= 0.3 is 0 Å². The Labute approximate surface area is 90.9 Å². The smallest absolute Gasteiger partial charge is 0.0404 e. The molecule has 0 heterocycles. The first-order valence-electron chi connectivity index (χ1n) is 4.79. The van der Waals surface area contributed by atoms with Gasteiger partial charge in [-0.25, -0.2) is 0 Å². The highest BCUT2D eigenvalue weighted by molar-refractivity contribution is 6.20. The van der Waals surface area contributed by atoms with Gasteiger partial charge in [-0.2, -0.15) is 0 Å². The van der Waals surface area contributed by atoms with Crippen LogP contribution in [-0.4, -0.2) is 5.38 Å². The van der Waals surface area contributed by atoms with E-state index in [9.17, 15) is 0 Å². The summed E-state index contributed by atoms with van der Waals surface area (Å²) in [5.41, 5.74) is 1.22. The zero-order valence-electron chi connectivity index (χ0n) is 8.20. The van der Waals surface area contributed by atoms with E-state index in [-0.39, 0.29) is 5.38 Å². The van der Waals surface area contributed by atoms with E-state index in [1.165, 1.54) is 5.56 Å². The molecule has 0 saturated heterocycles. The lowest BCUT2D eigenvalue weighted by Gasteiger charge is -2.00. The van der Waals surface area contributed by atoms with Crippen molar-refractivity contribution in [1.29, 1.82) is 0 Å². The third-order valence-electron chi connectivity index (χ3n) is 1.92. The Morgan fingerprint density at radius 2 is 1.93 bits per heavy atom. The minimum absolute atomic E-state index is 0.174. The van der Waals surface area contributed by atoms with Crippen LogP contribution in [0.25, 0.3) is 6.08 Å². The van der Waals surface area contributed by atoms with Gasteiger partial charge in [0.25, 0.3) is 0 Å². The highest BCUT2D eigenvalue weighted by Crippen LogP contribution is 2.10. The maximum absolute atomic E-state index is 6.02. The van der Waals surface area contributed by atoms with Crippen LogP contribution in [-0.2, 0) is 0 Å². The van der Waals surface area contributed by atoms with Crippen molar-refractivity contribution < 1.29 is 0 Å². The van der Waals surface area contributed by atoms with Gasteiger partial charge in [-0.05, 0) is 18.4 Å². The number of hydrogen-bond donors (Lipinski definition) is 0. The quantitative estimate of drug-likeness (QED) is 0.499. The van der Waals surface area contributed by atoms with Crippen molar-refractivity contribution in [3.63, 3.8) is 0 Å². The molecule has 1 aromatic carbocycles. The van der Waals surface area contributed by atoms with Crippen LogP contribution in [0.4, 0.5) is 0 Å². The molecule has 0 amide bonds. The number of hydrogen-bond acceptors (Lipinski definition) is 0. The Kier molecular flexibility index (Phi) is 5.09. The predicted octanol–water partition coefficient (Wildman–Crippen LogP) is 4.27. The summed E-state index contributed by atoms with van der Waals surface area (Å²) in [6.07, 6.45) is 7.81. The molecule has 0 bridgehead atoms. The normalized spacial score (nSPS) is 12.9. The van der Waals surface area contributed by atoms with Gasteiger partial charge in [0.05, 0.1) is 0 Å². The average molecular weight is 207 g/mol. The van der Waals surface area contributed by atoms with Gasteiger partial charge in [-0.15, -0.1) is 18.2 Å². The fourth-order valence-corrected chi connectivity index (χ4v) is 1.42. The van der Waals surface area contributed by atoms with Crippen LogP contribution in [0.15, 0.2) is 49.1 Å². The molecule has 0 radical (unpaired) electrons. The zero-order chi connectivity index (χ0) is 10.2. The topological polar surface area (TPSA) is 0 Å². The molecule has 1 heteroatoms. The van der Waals surface area contributed by atoms with Crippen molar-refractivity contribution in [1.82, 2.24) is 0 Å². The molecule has 0 spiro atoms. The van der Waals surface area contributed by atoms with E-state index in [0.717, 1.165) is 12.8 Å². The van der Waals surface area contributed by atoms with Crippen LogP contribution in [0.2, 0.25) is 0 Å². The molecular formula is C13H15Cl. The Hall–Kier alpha value is -1.01. The second-order valence-corrected chi connectivity index (χ2v) is 3.79. The lowest BCUT2D eigenvalue weighted by atomic mass is 10.1. The first-order valence-corrected chi connectivity index (χ1v) is 5.23. The second kappa shape index (κ2) is 6.44. The summed E-state index contributed by atoms with van der Waals surface area (Å²) in [5.74, 6) is 0. The predicted molar refractivity (Wildman–Crippen MR) is 64.5 cm³/mol. The van der Waals surface area contributed by atoms with Crippen molar-refractivity contribution in [2.45, 2.75) is 18.2 Å². The molecule has 14 heavy (non-hydrogen) atoms. The number of alkyl halides is 1. The average Bonchev–Trinajstić information content (AvgIpc) is 2.20. The summed E-state index contributed by atoms with van der Waals surface area (Å²) in [5, 5.41) is 0.174. The Morgan fingerprint density at radius 3 is 2.57 bits per heavy atom. The van der Waals surface area contributed by atoms with Gasteiger partial charge in [-0.3, -0.25) is 0 Å².